The predicted octanol–water partition coefficient (Wildman–Crippen LogP) is 2.35. The number of rotatable bonds is 3. The lowest BCUT2D eigenvalue weighted by atomic mass is 10.1. The number of methoxy groups -OCH3 is 1. The van der Waals surface area contributed by atoms with Crippen LogP contribution in [0.4, 0.5) is 0 Å². The molecule has 0 amide bonds. The third-order valence-corrected chi connectivity index (χ3v) is 2.56. The Balaban J connectivity index is 3.00. The second-order valence-corrected chi connectivity index (χ2v) is 3.96. The Hall–Kier alpha value is -0.540. The van der Waals surface area contributed by atoms with Gasteiger partial charge in [0.05, 0.1) is 7.11 Å². The Morgan fingerprint density at radius 1 is 1.54 bits per heavy atom. The highest BCUT2D eigenvalue weighted by atomic mass is 79.9. The highest BCUT2D eigenvalue weighted by Gasteiger charge is 2.08. The normalized spacial score (nSPS) is 12.6. The fourth-order valence-electron chi connectivity index (χ4n) is 1.25. The molecule has 0 radical (unpaired) electrons. The molecule has 2 nitrogen and oxygen atoms in total. The quantitative estimate of drug-likeness (QED) is 0.885. The van der Waals surface area contributed by atoms with Crippen molar-refractivity contribution >= 4 is 15.9 Å². The summed E-state index contributed by atoms with van der Waals surface area (Å²) in [5.41, 5.74) is 6.88. The van der Waals surface area contributed by atoms with Gasteiger partial charge >= 0.3 is 0 Å². The SMILES string of the molecule is COc1cccc(Br)c1C[C@@H](C)N. The first kappa shape index (κ1) is 10.5. The highest BCUT2D eigenvalue weighted by molar-refractivity contribution is 9.10. The molecule has 0 heterocycles. The van der Waals surface area contributed by atoms with Gasteiger partial charge in [-0.15, -0.1) is 0 Å². The fraction of sp³-hybridized carbons (Fsp3) is 0.400. The van der Waals surface area contributed by atoms with Gasteiger partial charge in [0.25, 0.3) is 0 Å². The van der Waals surface area contributed by atoms with Gasteiger partial charge in [-0.25, -0.2) is 0 Å². The zero-order valence-electron chi connectivity index (χ0n) is 7.88. The molecule has 72 valence electrons. The van der Waals surface area contributed by atoms with Gasteiger partial charge in [-0.1, -0.05) is 22.0 Å². The van der Waals surface area contributed by atoms with E-state index in [4.69, 9.17) is 10.5 Å². The summed E-state index contributed by atoms with van der Waals surface area (Å²) in [6, 6.07) is 6.05. The maximum atomic E-state index is 5.74. The van der Waals surface area contributed by atoms with Crippen LogP contribution in [0.1, 0.15) is 12.5 Å². The molecule has 1 aromatic rings. The zero-order chi connectivity index (χ0) is 9.84. The molecule has 0 aliphatic rings. The summed E-state index contributed by atoms with van der Waals surface area (Å²) in [6.45, 7) is 1.98. The first-order valence-electron chi connectivity index (χ1n) is 4.22. The van der Waals surface area contributed by atoms with Crippen molar-refractivity contribution in [2.75, 3.05) is 7.11 Å². The smallest absolute Gasteiger partial charge is 0.123 e. The van der Waals surface area contributed by atoms with Crippen LogP contribution in [-0.2, 0) is 6.42 Å². The molecule has 13 heavy (non-hydrogen) atoms. The molecular formula is C10H14BrNO. The van der Waals surface area contributed by atoms with Gasteiger partial charge in [0.15, 0.2) is 0 Å². The van der Waals surface area contributed by atoms with Crippen LogP contribution in [0.3, 0.4) is 0 Å². The van der Waals surface area contributed by atoms with Crippen molar-refractivity contribution < 1.29 is 4.74 Å². The molecule has 0 saturated heterocycles. The van der Waals surface area contributed by atoms with Crippen LogP contribution in [0.2, 0.25) is 0 Å². The first-order chi connectivity index (χ1) is 6.15. The lowest BCUT2D eigenvalue weighted by molar-refractivity contribution is 0.408. The molecule has 0 spiro atoms. The van der Waals surface area contributed by atoms with Crippen LogP contribution in [0, 0.1) is 0 Å². The maximum absolute atomic E-state index is 5.74. The van der Waals surface area contributed by atoms with Gasteiger partial charge in [-0.2, -0.15) is 0 Å². The Morgan fingerprint density at radius 3 is 2.77 bits per heavy atom. The fourth-order valence-corrected chi connectivity index (χ4v) is 1.76. The molecule has 1 rings (SSSR count). The van der Waals surface area contributed by atoms with E-state index >= 15 is 0 Å². The Kier molecular flexibility index (Phi) is 3.75. The van der Waals surface area contributed by atoms with E-state index in [0.29, 0.717) is 0 Å². The van der Waals surface area contributed by atoms with Gasteiger partial charge in [0.1, 0.15) is 5.75 Å². The number of hydrogen-bond acceptors (Lipinski definition) is 2. The molecule has 0 fully saturated rings. The average Bonchev–Trinajstić information content (AvgIpc) is 2.08. The summed E-state index contributed by atoms with van der Waals surface area (Å²) in [5.74, 6) is 0.895. The molecular weight excluding hydrogens is 230 g/mol. The third-order valence-electron chi connectivity index (χ3n) is 1.82. The van der Waals surface area contributed by atoms with Crippen molar-refractivity contribution in [2.24, 2.45) is 5.73 Å². The number of halogens is 1. The second kappa shape index (κ2) is 4.63. The van der Waals surface area contributed by atoms with Gasteiger partial charge in [-0.3, -0.25) is 0 Å². The van der Waals surface area contributed by atoms with E-state index in [1.54, 1.807) is 7.11 Å². The molecule has 0 unspecified atom stereocenters. The molecule has 1 atom stereocenters. The van der Waals surface area contributed by atoms with Crippen molar-refractivity contribution in [3.05, 3.63) is 28.2 Å². The number of hydrogen-bond donors (Lipinski definition) is 1. The highest BCUT2D eigenvalue weighted by Crippen LogP contribution is 2.27. The van der Waals surface area contributed by atoms with Crippen molar-refractivity contribution in [1.82, 2.24) is 0 Å². The zero-order valence-corrected chi connectivity index (χ0v) is 9.47. The van der Waals surface area contributed by atoms with Crippen LogP contribution in [0.5, 0.6) is 5.75 Å². The monoisotopic (exact) mass is 243 g/mol. The van der Waals surface area contributed by atoms with Crippen molar-refractivity contribution in [3.63, 3.8) is 0 Å². The van der Waals surface area contributed by atoms with Crippen LogP contribution in [0.25, 0.3) is 0 Å². The van der Waals surface area contributed by atoms with Gasteiger partial charge < -0.3 is 10.5 Å². The summed E-state index contributed by atoms with van der Waals surface area (Å²) in [4.78, 5) is 0. The van der Waals surface area contributed by atoms with Gasteiger partial charge in [0.2, 0.25) is 0 Å². The predicted molar refractivity (Wildman–Crippen MR) is 58.0 cm³/mol. The van der Waals surface area contributed by atoms with Gasteiger partial charge in [-0.05, 0) is 25.5 Å². The Bertz CT molecular complexity index is 286. The van der Waals surface area contributed by atoms with E-state index in [2.05, 4.69) is 15.9 Å². The largest absolute Gasteiger partial charge is 0.496 e. The standard InChI is InChI=1S/C10H14BrNO/c1-7(12)6-8-9(11)4-3-5-10(8)13-2/h3-5,7H,6,12H2,1-2H3/t7-/m1/s1. The number of nitrogens with two attached hydrogens (primary N) is 1. The van der Waals surface area contributed by atoms with E-state index in [1.807, 2.05) is 25.1 Å². The van der Waals surface area contributed by atoms with E-state index in [-0.39, 0.29) is 6.04 Å². The molecule has 0 aromatic heterocycles. The minimum absolute atomic E-state index is 0.146. The Morgan fingerprint density at radius 2 is 2.23 bits per heavy atom. The minimum Gasteiger partial charge on any atom is -0.496 e. The molecule has 0 bridgehead atoms. The van der Waals surface area contributed by atoms with Crippen LogP contribution < -0.4 is 10.5 Å². The number of benzene rings is 1. The molecule has 3 heteroatoms. The number of ether oxygens (including phenoxy) is 1. The van der Waals surface area contributed by atoms with Crippen LogP contribution in [0.15, 0.2) is 22.7 Å². The van der Waals surface area contributed by atoms with Gasteiger partial charge in [0, 0.05) is 16.1 Å². The molecule has 0 saturated carbocycles. The van der Waals surface area contributed by atoms with E-state index < -0.39 is 0 Å². The topological polar surface area (TPSA) is 35.2 Å². The molecule has 2 N–H and O–H groups in total. The molecule has 0 aliphatic heterocycles. The first-order valence-corrected chi connectivity index (χ1v) is 5.01. The summed E-state index contributed by atoms with van der Waals surface area (Å²) < 4.78 is 6.30. The third kappa shape index (κ3) is 2.71. The van der Waals surface area contributed by atoms with Crippen molar-refractivity contribution in [2.45, 2.75) is 19.4 Å². The molecule has 0 aliphatic carbocycles. The maximum Gasteiger partial charge on any atom is 0.123 e. The van der Waals surface area contributed by atoms with E-state index in [9.17, 15) is 0 Å². The van der Waals surface area contributed by atoms with Crippen molar-refractivity contribution in [1.29, 1.82) is 0 Å². The second-order valence-electron chi connectivity index (χ2n) is 3.10. The summed E-state index contributed by atoms with van der Waals surface area (Å²) in [7, 11) is 1.67. The summed E-state index contributed by atoms with van der Waals surface area (Å²) in [5, 5.41) is 0. The summed E-state index contributed by atoms with van der Waals surface area (Å²) in [6.07, 6.45) is 0.824. The average molecular weight is 244 g/mol. The molecule has 1 aromatic carbocycles. The van der Waals surface area contributed by atoms with Crippen molar-refractivity contribution in [3.8, 4) is 5.75 Å². The lowest BCUT2D eigenvalue weighted by Crippen LogP contribution is -2.18. The Labute approximate surface area is 87.2 Å². The van der Waals surface area contributed by atoms with E-state index in [0.717, 1.165) is 22.2 Å². The lowest BCUT2D eigenvalue weighted by Gasteiger charge is -2.12. The van der Waals surface area contributed by atoms with Crippen LogP contribution >= 0.6 is 15.9 Å². The van der Waals surface area contributed by atoms with Crippen LogP contribution in [-0.4, -0.2) is 13.2 Å². The van der Waals surface area contributed by atoms with E-state index in [1.165, 1.54) is 0 Å². The summed E-state index contributed by atoms with van der Waals surface area (Å²) >= 11 is 3.48. The minimum atomic E-state index is 0.146.